The molecule has 0 saturated heterocycles. The molecule has 2 fully saturated rings. The van der Waals surface area contributed by atoms with Gasteiger partial charge in [0, 0.05) is 18.2 Å². The Morgan fingerprint density at radius 3 is 2.81 bits per heavy atom. The van der Waals surface area contributed by atoms with E-state index in [1.165, 1.54) is 22.0 Å². The molecule has 8 nitrogen and oxygen atoms in total. The predicted molar refractivity (Wildman–Crippen MR) is 105 cm³/mol. The van der Waals surface area contributed by atoms with Gasteiger partial charge in [-0.05, 0) is 46.5 Å². The van der Waals surface area contributed by atoms with Gasteiger partial charge in [-0.3, -0.25) is 14.2 Å². The molecule has 27 heavy (non-hydrogen) atoms. The molecule has 144 valence electrons. The SMILES string of the molecule is Cn1nc(Br)c2c(=O)n(CC(=O)N/N=C3/CC4CCC3(C)C4(C)C)cnc21. The number of carbonyl (C=O) groups is 1. The second-order valence-corrected chi connectivity index (χ2v) is 9.13. The monoisotopic (exact) mass is 434 g/mol. The van der Waals surface area contributed by atoms with Gasteiger partial charge >= 0.3 is 0 Å². The van der Waals surface area contributed by atoms with E-state index in [4.69, 9.17) is 0 Å². The van der Waals surface area contributed by atoms with Crippen LogP contribution in [0.2, 0.25) is 0 Å². The molecule has 2 unspecified atom stereocenters. The zero-order valence-corrected chi connectivity index (χ0v) is 17.5. The summed E-state index contributed by atoms with van der Waals surface area (Å²) in [6.45, 7) is 6.69. The number of fused-ring (bicyclic) bond motifs is 3. The van der Waals surface area contributed by atoms with Gasteiger partial charge in [-0.15, -0.1) is 0 Å². The Balaban J connectivity index is 1.53. The third-order valence-corrected chi connectivity index (χ3v) is 7.47. The fraction of sp³-hybridized carbons (Fsp3) is 0.611. The third kappa shape index (κ3) is 2.58. The van der Waals surface area contributed by atoms with Crippen LogP contribution in [0, 0.1) is 16.7 Å². The van der Waals surface area contributed by atoms with E-state index in [9.17, 15) is 9.59 Å². The number of carbonyl (C=O) groups excluding carboxylic acids is 1. The van der Waals surface area contributed by atoms with Gasteiger partial charge in [0.25, 0.3) is 11.5 Å². The highest BCUT2D eigenvalue weighted by molar-refractivity contribution is 9.10. The first-order valence-corrected chi connectivity index (χ1v) is 9.88. The van der Waals surface area contributed by atoms with Crippen molar-refractivity contribution >= 4 is 38.6 Å². The van der Waals surface area contributed by atoms with Crippen molar-refractivity contribution in [1.29, 1.82) is 0 Å². The summed E-state index contributed by atoms with van der Waals surface area (Å²) in [7, 11) is 1.71. The van der Waals surface area contributed by atoms with Gasteiger partial charge in [0.05, 0.1) is 0 Å². The van der Waals surface area contributed by atoms with Crippen molar-refractivity contribution in [3.8, 4) is 0 Å². The third-order valence-electron chi connectivity index (χ3n) is 6.91. The van der Waals surface area contributed by atoms with Gasteiger partial charge in [0.1, 0.15) is 22.9 Å². The van der Waals surface area contributed by atoms with Crippen LogP contribution in [0.25, 0.3) is 11.0 Å². The number of amides is 1. The van der Waals surface area contributed by atoms with Crippen LogP contribution >= 0.6 is 15.9 Å². The molecule has 2 aliphatic carbocycles. The Morgan fingerprint density at radius 2 is 2.19 bits per heavy atom. The van der Waals surface area contributed by atoms with Crippen LogP contribution in [0.5, 0.6) is 0 Å². The van der Waals surface area contributed by atoms with Crippen LogP contribution in [-0.2, 0) is 18.4 Å². The number of rotatable bonds is 3. The fourth-order valence-electron chi connectivity index (χ4n) is 4.67. The van der Waals surface area contributed by atoms with Crippen LogP contribution in [0.1, 0.15) is 40.0 Å². The standard InChI is InChI=1S/C18H23BrN6O2/c1-17(2)10-5-6-18(17,3)11(7-10)21-22-12(26)8-25-9-20-15-13(16(25)27)14(19)23-24(15)4/h9-10H,5-8H2,1-4H3,(H,22,26)/b21-11-. The second kappa shape index (κ2) is 5.98. The molecule has 2 aliphatic rings. The molecule has 0 aromatic carbocycles. The van der Waals surface area contributed by atoms with Gasteiger partial charge in [-0.2, -0.15) is 10.2 Å². The number of aromatic nitrogens is 4. The molecule has 0 radical (unpaired) electrons. The molecule has 0 aliphatic heterocycles. The van der Waals surface area contributed by atoms with E-state index >= 15 is 0 Å². The number of nitrogens with one attached hydrogen (secondary N) is 1. The average Bonchev–Trinajstić information content (AvgIpc) is 3.09. The minimum Gasteiger partial charge on any atom is -0.289 e. The van der Waals surface area contributed by atoms with Crippen LogP contribution in [0.3, 0.4) is 0 Å². The zero-order valence-electron chi connectivity index (χ0n) is 15.9. The smallest absolute Gasteiger partial charge is 0.266 e. The molecule has 2 aromatic heterocycles. The highest BCUT2D eigenvalue weighted by atomic mass is 79.9. The van der Waals surface area contributed by atoms with Gasteiger partial charge in [0.2, 0.25) is 0 Å². The zero-order chi connectivity index (χ0) is 19.6. The van der Waals surface area contributed by atoms with Gasteiger partial charge < -0.3 is 0 Å². The molecule has 4 rings (SSSR count). The minimum absolute atomic E-state index is 0.0306. The van der Waals surface area contributed by atoms with Crippen LogP contribution in [0.4, 0.5) is 0 Å². The lowest BCUT2D eigenvalue weighted by Crippen LogP contribution is -2.35. The number of hydrazone groups is 1. The molecule has 1 amide bonds. The average molecular weight is 435 g/mol. The lowest BCUT2D eigenvalue weighted by Gasteiger charge is -2.34. The fourth-order valence-corrected chi connectivity index (χ4v) is 5.25. The summed E-state index contributed by atoms with van der Waals surface area (Å²) in [5.41, 5.74) is 4.11. The van der Waals surface area contributed by atoms with Crippen molar-refractivity contribution in [2.24, 2.45) is 28.9 Å². The van der Waals surface area contributed by atoms with Crippen LogP contribution < -0.4 is 11.0 Å². The maximum Gasteiger partial charge on any atom is 0.266 e. The first kappa shape index (κ1) is 18.3. The quantitative estimate of drug-likeness (QED) is 0.749. The van der Waals surface area contributed by atoms with Gasteiger partial charge in [0.15, 0.2) is 5.65 Å². The van der Waals surface area contributed by atoms with E-state index in [2.05, 4.69) is 57.3 Å². The molecule has 2 saturated carbocycles. The predicted octanol–water partition coefficient (Wildman–Crippen LogP) is 2.21. The summed E-state index contributed by atoms with van der Waals surface area (Å²) in [6.07, 6.45) is 4.62. The Labute approximate surface area is 165 Å². The number of nitrogens with zero attached hydrogens (tertiary/aromatic N) is 5. The largest absolute Gasteiger partial charge is 0.289 e. The first-order valence-electron chi connectivity index (χ1n) is 9.08. The Bertz CT molecular complexity index is 1040. The van der Waals surface area contributed by atoms with Crippen molar-refractivity contribution in [3.63, 3.8) is 0 Å². The summed E-state index contributed by atoms with van der Waals surface area (Å²) in [6, 6.07) is 0. The first-order chi connectivity index (χ1) is 12.6. The van der Waals surface area contributed by atoms with E-state index in [0.29, 0.717) is 21.6 Å². The summed E-state index contributed by atoms with van der Waals surface area (Å²) < 4.78 is 3.22. The molecule has 2 aromatic rings. The molecule has 0 spiro atoms. The Kier molecular flexibility index (Phi) is 4.06. The highest BCUT2D eigenvalue weighted by Crippen LogP contribution is 2.63. The van der Waals surface area contributed by atoms with E-state index in [0.717, 1.165) is 18.6 Å². The van der Waals surface area contributed by atoms with Crippen molar-refractivity contribution in [2.75, 3.05) is 0 Å². The van der Waals surface area contributed by atoms with Crippen LogP contribution in [-0.4, -0.2) is 31.0 Å². The maximum absolute atomic E-state index is 12.6. The Morgan fingerprint density at radius 1 is 1.44 bits per heavy atom. The molecular formula is C18H23BrN6O2. The van der Waals surface area contributed by atoms with Gasteiger partial charge in [-0.1, -0.05) is 20.8 Å². The van der Waals surface area contributed by atoms with Crippen molar-refractivity contribution in [3.05, 3.63) is 21.3 Å². The highest BCUT2D eigenvalue weighted by Gasteiger charge is 2.60. The maximum atomic E-state index is 12.6. The number of hydrogen-bond donors (Lipinski definition) is 1. The van der Waals surface area contributed by atoms with Crippen molar-refractivity contribution in [1.82, 2.24) is 24.8 Å². The van der Waals surface area contributed by atoms with E-state index in [1.54, 1.807) is 7.05 Å². The molecular weight excluding hydrogens is 412 g/mol. The van der Waals surface area contributed by atoms with E-state index in [-0.39, 0.29) is 28.8 Å². The number of aryl methyl sites for hydroxylation is 1. The van der Waals surface area contributed by atoms with E-state index < -0.39 is 0 Å². The summed E-state index contributed by atoms with van der Waals surface area (Å²) in [5.74, 6) is 0.283. The molecule has 2 heterocycles. The molecule has 1 N–H and O–H groups in total. The lowest BCUT2D eigenvalue weighted by atomic mass is 9.70. The lowest BCUT2D eigenvalue weighted by molar-refractivity contribution is -0.121. The second-order valence-electron chi connectivity index (χ2n) is 8.38. The molecule has 9 heteroatoms. The number of halogens is 1. The summed E-state index contributed by atoms with van der Waals surface area (Å²) >= 11 is 3.27. The summed E-state index contributed by atoms with van der Waals surface area (Å²) in [4.78, 5) is 29.2. The van der Waals surface area contributed by atoms with Crippen molar-refractivity contribution in [2.45, 2.75) is 46.6 Å². The van der Waals surface area contributed by atoms with E-state index in [1.807, 2.05) is 0 Å². The minimum atomic E-state index is -0.338. The molecule has 2 atom stereocenters. The number of hydrogen-bond acceptors (Lipinski definition) is 5. The normalized spacial score (nSPS) is 27.6. The van der Waals surface area contributed by atoms with Crippen molar-refractivity contribution < 1.29 is 4.79 Å². The van der Waals surface area contributed by atoms with Gasteiger partial charge in [-0.25, -0.2) is 15.1 Å². The Hall–Kier alpha value is -2.03. The van der Waals surface area contributed by atoms with Crippen LogP contribution in [0.15, 0.2) is 20.8 Å². The molecule has 2 bridgehead atoms. The summed E-state index contributed by atoms with van der Waals surface area (Å²) in [5, 5.41) is 8.94. The topological polar surface area (TPSA) is 94.2 Å².